The van der Waals surface area contributed by atoms with E-state index in [2.05, 4.69) is 0 Å². The Labute approximate surface area is 129 Å². The highest BCUT2D eigenvalue weighted by atomic mass is 16.5. The van der Waals surface area contributed by atoms with Gasteiger partial charge in [-0.3, -0.25) is 4.79 Å². The Morgan fingerprint density at radius 1 is 1.09 bits per heavy atom. The Kier molecular flexibility index (Phi) is 4.70. The Morgan fingerprint density at radius 3 is 2.41 bits per heavy atom. The summed E-state index contributed by atoms with van der Waals surface area (Å²) in [5.74, 6) is -0.814. The molecule has 0 atom stereocenters. The Balaban J connectivity index is 2.02. The number of nitrogens with zero attached hydrogens (tertiary/aromatic N) is 1. The molecule has 0 heterocycles. The number of rotatable bonds is 4. The smallest absolute Gasteiger partial charge is 0.338 e. The van der Waals surface area contributed by atoms with Crippen LogP contribution in [0.3, 0.4) is 0 Å². The van der Waals surface area contributed by atoms with Crippen molar-refractivity contribution in [3.8, 4) is 6.07 Å². The van der Waals surface area contributed by atoms with E-state index < -0.39 is 5.97 Å². The van der Waals surface area contributed by atoms with Crippen LogP contribution in [0.4, 0.5) is 0 Å². The second-order valence-corrected chi connectivity index (χ2v) is 5.01. The molecular weight excluding hydrogens is 278 g/mol. The monoisotopic (exact) mass is 293 g/mol. The maximum Gasteiger partial charge on any atom is 0.338 e. The number of esters is 1. The molecule has 0 radical (unpaired) electrons. The lowest BCUT2D eigenvalue weighted by molar-refractivity contribution is 0.0474. The molecule has 0 amide bonds. The van der Waals surface area contributed by atoms with E-state index in [-0.39, 0.29) is 12.4 Å². The standard InChI is InChI=1S/C18H15NO3/c1-12-3-4-13(2)16(9-12)17(20)11-22-18(21)15-7-5-14(10-19)6-8-15/h3-9H,11H2,1-2H3. The van der Waals surface area contributed by atoms with Crippen LogP contribution in [0.2, 0.25) is 0 Å². The zero-order valence-electron chi connectivity index (χ0n) is 12.4. The van der Waals surface area contributed by atoms with Crippen molar-refractivity contribution in [2.75, 3.05) is 6.61 Å². The van der Waals surface area contributed by atoms with Crippen molar-refractivity contribution >= 4 is 11.8 Å². The summed E-state index contributed by atoms with van der Waals surface area (Å²) >= 11 is 0. The lowest BCUT2D eigenvalue weighted by Gasteiger charge is -2.07. The van der Waals surface area contributed by atoms with Crippen LogP contribution >= 0.6 is 0 Å². The maximum absolute atomic E-state index is 12.1. The van der Waals surface area contributed by atoms with Crippen molar-refractivity contribution in [1.82, 2.24) is 0 Å². The van der Waals surface area contributed by atoms with E-state index in [9.17, 15) is 9.59 Å². The molecule has 2 rings (SSSR count). The summed E-state index contributed by atoms with van der Waals surface area (Å²) in [4.78, 5) is 24.0. The summed E-state index contributed by atoms with van der Waals surface area (Å²) in [7, 11) is 0. The SMILES string of the molecule is Cc1ccc(C)c(C(=O)COC(=O)c2ccc(C#N)cc2)c1. The quantitative estimate of drug-likeness (QED) is 0.641. The van der Waals surface area contributed by atoms with Crippen LogP contribution in [0, 0.1) is 25.2 Å². The van der Waals surface area contributed by atoms with Gasteiger partial charge in [0.25, 0.3) is 0 Å². The van der Waals surface area contributed by atoms with Gasteiger partial charge in [-0.15, -0.1) is 0 Å². The molecule has 0 aromatic heterocycles. The summed E-state index contributed by atoms with van der Waals surface area (Å²) < 4.78 is 5.04. The molecule has 4 heteroatoms. The van der Waals surface area contributed by atoms with Crippen LogP contribution in [0.15, 0.2) is 42.5 Å². The van der Waals surface area contributed by atoms with Gasteiger partial charge in [0.2, 0.25) is 5.78 Å². The Morgan fingerprint density at radius 2 is 1.77 bits per heavy atom. The van der Waals surface area contributed by atoms with Crippen molar-refractivity contribution in [2.45, 2.75) is 13.8 Å². The minimum absolute atomic E-state index is 0.233. The number of benzene rings is 2. The molecule has 22 heavy (non-hydrogen) atoms. The molecule has 0 unspecified atom stereocenters. The zero-order chi connectivity index (χ0) is 16.1. The third kappa shape index (κ3) is 3.58. The second kappa shape index (κ2) is 6.68. The van der Waals surface area contributed by atoms with Crippen molar-refractivity contribution in [1.29, 1.82) is 5.26 Å². The number of nitriles is 1. The third-order valence-corrected chi connectivity index (χ3v) is 3.28. The number of ketones is 1. The first kappa shape index (κ1) is 15.5. The van der Waals surface area contributed by atoms with Crippen LogP contribution in [-0.2, 0) is 4.74 Å². The predicted octanol–water partition coefficient (Wildman–Crippen LogP) is 3.21. The fourth-order valence-corrected chi connectivity index (χ4v) is 2.01. The van der Waals surface area contributed by atoms with Gasteiger partial charge >= 0.3 is 5.97 Å². The molecule has 0 bridgehead atoms. The maximum atomic E-state index is 12.1. The largest absolute Gasteiger partial charge is 0.454 e. The second-order valence-electron chi connectivity index (χ2n) is 5.01. The number of carbonyl (C=O) groups excluding carboxylic acids is 2. The van der Waals surface area contributed by atoms with Gasteiger partial charge in [-0.1, -0.05) is 17.7 Å². The predicted molar refractivity (Wildman–Crippen MR) is 81.7 cm³/mol. The first-order chi connectivity index (χ1) is 10.5. The summed E-state index contributed by atoms with van der Waals surface area (Å²) in [6.07, 6.45) is 0. The highest BCUT2D eigenvalue weighted by molar-refractivity contribution is 6.00. The minimum atomic E-state index is -0.580. The molecule has 110 valence electrons. The molecule has 0 N–H and O–H groups in total. The van der Waals surface area contributed by atoms with Gasteiger partial charge in [0, 0.05) is 5.56 Å². The van der Waals surface area contributed by atoms with E-state index in [1.54, 1.807) is 6.07 Å². The Hall–Kier alpha value is -2.93. The first-order valence-electron chi connectivity index (χ1n) is 6.79. The van der Waals surface area contributed by atoms with Gasteiger partial charge in [-0.2, -0.15) is 5.26 Å². The summed E-state index contributed by atoms with van der Waals surface area (Å²) in [6.45, 7) is 3.44. The zero-order valence-corrected chi connectivity index (χ0v) is 12.4. The number of aryl methyl sites for hydroxylation is 2. The average Bonchev–Trinajstić information content (AvgIpc) is 2.54. The topological polar surface area (TPSA) is 67.2 Å². The van der Waals surface area contributed by atoms with E-state index in [0.717, 1.165) is 11.1 Å². The fourth-order valence-electron chi connectivity index (χ4n) is 2.01. The van der Waals surface area contributed by atoms with Crippen molar-refractivity contribution < 1.29 is 14.3 Å². The van der Waals surface area contributed by atoms with E-state index in [1.807, 2.05) is 32.0 Å². The molecule has 0 aliphatic heterocycles. The van der Waals surface area contributed by atoms with E-state index in [1.165, 1.54) is 24.3 Å². The van der Waals surface area contributed by atoms with Gasteiger partial charge in [-0.05, 0) is 49.7 Å². The van der Waals surface area contributed by atoms with Gasteiger partial charge < -0.3 is 4.74 Å². The van der Waals surface area contributed by atoms with Crippen molar-refractivity contribution in [3.63, 3.8) is 0 Å². The number of carbonyl (C=O) groups is 2. The van der Waals surface area contributed by atoms with Gasteiger partial charge in [-0.25, -0.2) is 4.79 Å². The molecule has 2 aromatic carbocycles. The highest BCUT2D eigenvalue weighted by Gasteiger charge is 2.13. The third-order valence-electron chi connectivity index (χ3n) is 3.28. The average molecular weight is 293 g/mol. The van der Waals surface area contributed by atoms with Gasteiger partial charge in [0.1, 0.15) is 0 Å². The first-order valence-corrected chi connectivity index (χ1v) is 6.79. The molecule has 4 nitrogen and oxygen atoms in total. The van der Waals surface area contributed by atoms with Crippen LogP contribution in [0.1, 0.15) is 37.4 Å². The van der Waals surface area contributed by atoms with Crippen molar-refractivity contribution in [2.24, 2.45) is 0 Å². The van der Waals surface area contributed by atoms with Crippen LogP contribution in [0.5, 0.6) is 0 Å². The molecule has 2 aromatic rings. The number of hydrogen-bond donors (Lipinski definition) is 0. The van der Waals surface area contributed by atoms with Crippen LogP contribution in [-0.4, -0.2) is 18.4 Å². The molecule has 0 saturated carbocycles. The van der Waals surface area contributed by atoms with E-state index >= 15 is 0 Å². The molecule has 0 aliphatic rings. The molecule has 0 aliphatic carbocycles. The van der Waals surface area contributed by atoms with Crippen molar-refractivity contribution in [3.05, 3.63) is 70.3 Å². The lowest BCUT2D eigenvalue weighted by atomic mass is 10.0. The summed E-state index contributed by atoms with van der Waals surface area (Å²) in [5, 5.41) is 8.71. The van der Waals surface area contributed by atoms with Crippen LogP contribution < -0.4 is 0 Å². The van der Waals surface area contributed by atoms with Crippen LogP contribution in [0.25, 0.3) is 0 Å². The fraction of sp³-hybridized carbons (Fsp3) is 0.167. The molecule has 0 fully saturated rings. The Bertz CT molecular complexity index is 755. The molecular formula is C18H15NO3. The van der Waals surface area contributed by atoms with E-state index in [0.29, 0.717) is 16.7 Å². The van der Waals surface area contributed by atoms with E-state index in [4.69, 9.17) is 10.00 Å². The molecule has 0 spiro atoms. The molecule has 0 saturated heterocycles. The summed E-state index contributed by atoms with van der Waals surface area (Å²) in [5.41, 5.74) is 3.17. The lowest BCUT2D eigenvalue weighted by Crippen LogP contribution is -2.15. The highest BCUT2D eigenvalue weighted by Crippen LogP contribution is 2.12. The number of ether oxygens (including phenoxy) is 1. The summed E-state index contributed by atoms with van der Waals surface area (Å²) in [6, 6.07) is 13.6. The van der Waals surface area contributed by atoms with Gasteiger partial charge in [0.05, 0.1) is 17.2 Å². The minimum Gasteiger partial charge on any atom is -0.454 e. The number of hydrogen-bond acceptors (Lipinski definition) is 4. The van der Waals surface area contributed by atoms with Gasteiger partial charge in [0.15, 0.2) is 6.61 Å². The number of Topliss-reactive ketones (excluding diaryl/α,β-unsaturated/α-hetero) is 1. The normalized spacial score (nSPS) is 9.86.